The predicted molar refractivity (Wildman–Crippen MR) is 208 cm³/mol. The first-order valence-corrected chi connectivity index (χ1v) is 19.5. The number of carbonyl (C=O) groups excluding carboxylic acids is 3. The molecule has 2 unspecified atom stereocenters. The summed E-state index contributed by atoms with van der Waals surface area (Å²) in [7, 11) is 1.29. The molecule has 56 heavy (non-hydrogen) atoms. The van der Waals surface area contributed by atoms with Gasteiger partial charge in [-0.05, 0) is 78.2 Å². The molecule has 3 amide bonds. The number of alkyl carbamates (subject to hydrolysis) is 1. The monoisotopic (exact) mass is 758 g/mol. The number of hydrogen-bond donors (Lipinski definition) is 4. The van der Waals surface area contributed by atoms with Gasteiger partial charge in [0.05, 0.1) is 42.9 Å². The van der Waals surface area contributed by atoms with Crippen LogP contribution in [-0.4, -0.2) is 67.4 Å². The number of imidazole rings is 2. The number of benzene rings is 2. The van der Waals surface area contributed by atoms with Gasteiger partial charge in [-0.25, -0.2) is 19.7 Å². The molecule has 2 saturated carbocycles. The molecule has 3 aromatic heterocycles. The Morgan fingerprint density at radius 1 is 0.857 bits per heavy atom. The molecule has 2 aliphatic carbocycles. The number of fused-ring (bicyclic) bond motifs is 2. The zero-order chi connectivity index (χ0) is 38.9. The molecule has 4 N–H and O–H groups in total. The maximum atomic E-state index is 14.1. The highest BCUT2D eigenvalue weighted by atomic mass is 19.1. The molecule has 0 radical (unpaired) electrons. The number of hydrogen-bond acceptors (Lipinski definition) is 7. The van der Waals surface area contributed by atoms with Gasteiger partial charge in [-0.15, -0.1) is 0 Å². The average molecular weight is 759 g/mol. The molecule has 4 heterocycles. The van der Waals surface area contributed by atoms with Crippen molar-refractivity contribution in [2.75, 3.05) is 13.7 Å². The van der Waals surface area contributed by atoms with Crippen molar-refractivity contribution in [2.45, 2.75) is 70.5 Å². The number of aromatic amines is 2. The third-order valence-electron chi connectivity index (χ3n) is 12.0. The van der Waals surface area contributed by atoms with Crippen molar-refractivity contribution in [1.29, 1.82) is 0 Å². The highest BCUT2D eigenvalue weighted by Crippen LogP contribution is 2.56. The van der Waals surface area contributed by atoms with E-state index in [-0.39, 0.29) is 42.2 Å². The minimum Gasteiger partial charge on any atom is -0.453 e. The van der Waals surface area contributed by atoms with Crippen LogP contribution in [0.3, 0.4) is 0 Å². The first-order valence-electron chi connectivity index (χ1n) is 19.5. The summed E-state index contributed by atoms with van der Waals surface area (Å²) in [6.45, 7) is 4.51. The third-order valence-corrected chi connectivity index (χ3v) is 12.0. The zero-order valence-electron chi connectivity index (χ0n) is 31.8. The minimum atomic E-state index is -0.686. The van der Waals surface area contributed by atoms with Crippen molar-refractivity contribution in [2.24, 2.45) is 23.7 Å². The van der Waals surface area contributed by atoms with Crippen molar-refractivity contribution in [3.05, 3.63) is 102 Å². The van der Waals surface area contributed by atoms with Gasteiger partial charge in [0.15, 0.2) is 0 Å². The molecule has 0 spiro atoms. The molecule has 3 fully saturated rings. The fraction of sp³-hybridized carbons (Fsp3) is 0.395. The SMILES string of the molecule is COC(=O)N[C@H](C(=O)N1CCC[C@H]1c1ncc(-c2ccc(-c3ccc(-c4cnc([C@@H]5C6CCC(C6)[C@H]5C(=O)NCc5cccnc5F)[nH]4)cc3)cc2)[nH]1)C(C)C. The lowest BCUT2D eigenvalue weighted by molar-refractivity contribution is -0.135. The second kappa shape index (κ2) is 15.7. The molecule has 2 aromatic carbocycles. The van der Waals surface area contributed by atoms with Gasteiger partial charge in [0.1, 0.15) is 17.7 Å². The summed E-state index contributed by atoms with van der Waals surface area (Å²) in [5.74, 6) is 1.20. The van der Waals surface area contributed by atoms with Crippen LogP contribution in [0.2, 0.25) is 0 Å². The molecule has 5 aromatic rings. The number of nitrogens with one attached hydrogen (secondary N) is 4. The van der Waals surface area contributed by atoms with Crippen molar-refractivity contribution >= 4 is 17.9 Å². The topological polar surface area (TPSA) is 158 Å². The van der Waals surface area contributed by atoms with Crippen LogP contribution >= 0.6 is 0 Å². The van der Waals surface area contributed by atoms with Crippen LogP contribution in [0, 0.1) is 29.6 Å². The van der Waals surface area contributed by atoms with E-state index in [1.54, 1.807) is 18.3 Å². The lowest BCUT2D eigenvalue weighted by atomic mass is 9.78. The quantitative estimate of drug-likeness (QED) is 0.104. The molecule has 6 atom stereocenters. The van der Waals surface area contributed by atoms with Gasteiger partial charge >= 0.3 is 6.09 Å². The first kappa shape index (κ1) is 37.1. The van der Waals surface area contributed by atoms with Gasteiger partial charge in [0, 0.05) is 30.8 Å². The fourth-order valence-corrected chi connectivity index (χ4v) is 9.10. The maximum absolute atomic E-state index is 14.1. The molecular formula is C43H47FN8O4. The number of aromatic nitrogens is 5. The second-order valence-corrected chi connectivity index (χ2v) is 15.6. The minimum absolute atomic E-state index is 0.00264. The Morgan fingerprint density at radius 2 is 1.48 bits per heavy atom. The molecule has 12 nitrogen and oxygen atoms in total. The number of H-pyrrole nitrogens is 2. The van der Waals surface area contributed by atoms with E-state index in [1.807, 2.05) is 24.9 Å². The van der Waals surface area contributed by atoms with Gasteiger partial charge in [-0.1, -0.05) is 68.4 Å². The number of ether oxygens (including phenoxy) is 1. The van der Waals surface area contributed by atoms with Crippen LogP contribution in [0.4, 0.5) is 9.18 Å². The molecule has 290 valence electrons. The number of rotatable bonds is 11. The molecule has 1 saturated heterocycles. The Hall–Kier alpha value is -5.85. The van der Waals surface area contributed by atoms with Crippen molar-refractivity contribution < 1.29 is 23.5 Å². The number of carbonyl (C=O) groups is 3. The summed E-state index contributed by atoms with van der Waals surface area (Å²) in [5.41, 5.74) is 6.26. The van der Waals surface area contributed by atoms with Gasteiger partial charge in [-0.3, -0.25) is 9.59 Å². The number of halogens is 1. The van der Waals surface area contributed by atoms with Crippen LogP contribution < -0.4 is 10.6 Å². The molecule has 1 aliphatic heterocycles. The van der Waals surface area contributed by atoms with Gasteiger partial charge < -0.3 is 30.2 Å². The Labute approximate surface area is 325 Å². The van der Waals surface area contributed by atoms with Gasteiger partial charge in [-0.2, -0.15) is 4.39 Å². The summed E-state index contributed by atoms with van der Waals surface area (Å²) in [4.78, 5) is 60.9. The Morgan fingerprint density at radius 3 is 2.12 bits per heavy atom. The lowest BCUT2D eigenvalue weighted by Crippen LogP contribution is -2.51. The number of methoxy groups -OCH3 is 1. The van der Waals surface area contributed by atoms with Crippen molar-refractivity contribution in [3.8, 4) is 33.6 Å². The Kier molecular flexibility index (Phi) is 10.4. The van der Waals surface area contributed by atoms with Gasteiger partial charge in [0.25, 0.3) is 0 Å². The van der Waals surface area contributed by atoms with Crippen molar-refractivity contribution in [1.82, 2.24) is 40.5 Å². The highest BCUT2D eigenvalue weighted by Gasteiger charge is 2.52. The second-order valence-electron chi connectivity index (χ2n) is 15.6. The number of nitrogens with zero attached hydrogens (tertiary/aromatic N) is 4. The number of likely N-dealkylation sites (tertiary alicyclic amines) is 1. The average Bonchev–Trinajstić information content (AvgIpc) is 4.08. The van der Waals surface area contributed by atoms with E-state index in [4.69, 9.17) is 9.72 Å². The molecule has 2 bridgehead atoms. The zero-order valence-corrected chi connectivity index (χ0v) is 31.8. The molecule has 13 heteroatoms. The molecule has 8 rings (SSSR count). The Bertz CT molecular complexity index is 2200. The summed E-state index contributed by atoms with van der Waals surface area (Å²) in [6, 6.07) is 19.1. The third kappa shape index (κ3) is 7.29. The Balaban J connectivity index is 0.918. The van der Waals surface area contributed by atoms with Crippen LogP contribution in [0.15, 0.2) is 79.3 Å². The van der Waals surface area contributed by atoms with E-state index >= 15 is 0 Å². The highest BCUT2D eigenvalue weighted by molar-refractivity contribution is 5.86. The van der Waals surface area contributed by atoms with Crippen LogP contribution in [0.25, 0.3) is 33.6 Å². The largest absolute Gasteiger partial charge is 0.453 e. The van der Waals surface area contributed by atoms with Gasteiger partial charge in [0.2, 0.25) is 17.8 Å². The van der Waals surface area contributed by atoms with E-state index in [1.165, 1.54) is 13.3 Å². The first-order chi connectivity index (χ1) is 27.2. The van der Waals surface area contributed by atoms with Crippen LogP contribution in [0.5, 0.6) is 0 Å². The van der Waals surface area contributed by atoms with Crippen LogP contribution in [-0.2, 0) is 20.9 Å². The summed E-state index contributed by atoms with van der Waals surface area (Å²) in [6.07, 6.45) is 9.19. The standard InChI is InChI=1S/C43H47FN8O4/c1-24(2)37(51-43(55)56-3)42(54)52-19-5-7-34(52)39-46-22-32(49-39)27-12-8-25(9-13-27)26-10-14-28(15-11-26)33-23-47-40(50-33)35-29-16-17-30(20-29)36(35)41(53)48-21-31-6-4-18-45-38(31)44/h4,6,8-15,18,22-24,29-30,34-37H,5,7,16-17,19-21H2,1-3H3,(H,46,49)(H,47,50)(H,48,53)(H,51,55)/t29?,30?,34-,35+,36+,37-/m0/s1. The van der Waals surface area contributed by atoms with Crippen LogP contribution in [0.1, 0.15) is 75.1 Å². The fourth-order valence-electron chi connectivity index (χ4n) is 9.10. The summed E-state index contributed by atoms with van der Waals surface area (Å²) in [5, 5.41) is 5.67. The van der Waals surface area contributed by atoms with E-state index in [0.29, 0.717) is 23.9 Å². The molecule has 3 aliphatic rings. The predicted octanol–water partition coefficient (Wildman–Crippen LogP) is 7.16. The summed E-state index contributed by atoms with van der Waals surface area (Å²) >= 11 is 0. The maximum Gasteiger partial charge on any atom is 0.407 e. The number of amides is 3. The number of pyridine rings is 1. The van der Waals surface area contributed by atoms with E-state index in [0.717, 1.165) is 77.4 Å². The lowest BCUT2D eigenvalue weighted by Gasteiger charge is -2.30. The smallest absolute Gasteiger partial charge is 0.407 e. The normalized spacial score (nSPS) is 22.0. The van der Waals surface area contributed by atoms with E-state index in [9.17, 15) is 18.8 Å². The summed E-state index contributed by atoms with van der Waals surface area (Å²) < 4.78 is 18.9. The van der Waals surface area contributed by atoms with Crippen molar-refractivity contribution in [3.63, 3.8) is 0 Å². The van der Waals surface area contributed by atoms with E-state index in [2.05, 4.69) is 79.1 Å². The van der Waals surface area contributed by atoms with E-state index < -0.39 is 18.1 Å². The molecular weight excluding hydrogens is 712 g/mol.